The van der Waals surface area contributed by atoms with E-state index in [-0.39, 0.29) is 43.7 Å². The lowest BCUT2D eigenvalue weighted by molar-refractivity contribution is -0.141. The Hall–Kier alpha value is -3.48. The van der Waals surface area contributed by atoms with Crippen LogP contribution in [0.25, 0.3) is 5.65 Å². The average molecular weight is 362 g/mol. The predicted octanol–water partition coefficient (Wildman–Crippen LogP) is 2.02. The second-order valence-electron chi connectivity index (χ2n) is 6.37. The SMILES string of the molecule is O=C1CCC(=O)N1CC(=O)N(Cc1cnc2ccccn12)c1ccccc1. The van der Waals surface area contributed by atoms with Gasteiger partial charge in [0.15, 0.2) is 0 Å². The predicted molar refractivity (Wildman–Crippen MR) is 98.8 cm³/mol. The Morgan fingerprint density at radius 2 is 1.70 bits per heavy atom. The van der Waals surface area contributed by atoms with Crippen LogP contribution in [0.4, 0.5) is 5.69 Å². The van der Waals surface area contributed by atoms with E-state index < -0.39 is 0 Å². The molecule has 1 aliphatic rings. The summed E-state index contributed by atoms with van der Waals surface area (Å²) < 4.78 is 1.91. The maximum Gasteiger partial charge on any atom is 0.247 e. The summed E-state index contributed by atoms with van der Waals surface area (Å²) in [5, 5.41) is 0. The molecule has 0 saturated carbocycles. The largest absolute Gasteiger partial charge is 0.305 e. The van der Waals surface area contributed by atoms with Crippen molar-refractivity contribution in [2.24, 2.45) is 0 Å². The van der Waals surface area contributed by atoms with Crippen LogP contribution in [0.3, 0.4) is 0 Å². The summed E-state index contributed by atoms with van der Waals surface area (Å²) in [6.45, 7) is 0.0353. The molecule has 0 spiro atoms. The molecular formula is C20H18N4O3. The van der Waals surface area contributed by atoms with E-state index in [0.717, 1.165) is 16.2 Å². The highest BCUT2D eigenvalue weighted by molar-refractivity contribution is 6.06. The average Bonchev–Trinajstić information content (AvgIpc) is 3.25. The third-order valence-corrected chi connectivity index (χ3v) is 4.63. The lowest BCUT2D eigenvalue weighted by Gasteiger charge is -2.25. The van der Waals surface area contributed by atoms with Gasteiger partial charge in [0.05, 0.1) is 18.4 Å². The van der Waals surface area contributed by atoms with E-state index in [0.29, 0.717) is 5.69 Å². The van der Waals surface area contributed by atoms with E-state index in [1.165, 1.54) is 0 Å². The molecule has 0 N–H and O–H groups in total. The number of nitrogens with zero attached hydrogens (tertiary/aromatic N) is 4. The second-order valence-corrected chi connectivity index (χ2v) is 6.37. The van der Waals surface area contributed by atoms with Crippen LogP contribution in [-0.4, -0.2) is 38.6 Å². The minimum absolute atomic E-state index is 0.171. The van der Waals surface area contributed by atoms with Gasteiger partial charge in [-0.3, -0.25) is 19.3 Å². The molecule has 0 aliphatic carbocycles. The van der Waals surface area contributed by atoms with Gasteiger partial charge in [0, 0.05) is 24.7 Å². The van der Waals surface area contributed by atoms with E-state index in [2.05, 4.69) is 4.98 Å². The zero-order valence-electron chi connectivity index (χ0n) is 14.6. The Kier molecular flexibility index (Phi) is 4.42. The molecule has 0 radical (unpaired) electrons. The van der Waals surface area contributed by atoms with Crippen LogP contribution >= 0.6 is 0 Å². The van der Waals surface area contributed by atoms with Gasteiger partial charge < -0.3 is 9.30 Å². The van der Waals surface area contributed by atoms with Crippen molar-refractivity contribution in [2.75, 3.05) is 11.4 Å². The standard InChI is InChI=1S/C20H18N4O3/c25-18-9-10-19(26)24(18)14-20(27)23(15-6-2-1-3-7-15)13-16-12-21-17-8-4-5-11-22(16)17/h1-8,11-12H,9-10,13-14H2. The number of fused-ring (bicyclic) bond motifs is 1. The number of carbonyl (C=O) groups is 3. The highest BCUT2D eigenvalue weighted by atomic mass is 16.2. The fourth-order valence-corrected chi connectivity index (χ4v) is 3.22. The normalized spacial score (nSPS) is 14.1. The summed E-state index contributed by atoms with van der Waals surface area (Å²) in [4.78, 5) is 43.8. The number of amides is 3. The van der Waals surface area contributed by atoms with Crippen LogP contribution in [0, 0.1) is 0 Å². The quantitative estimate of drug-likeness (QED) is 0.651. The van der Waals surface area contributed by atoms with Crippen molar-refractivity contribution < 1.29 is 14.4 Å². The topological polar surface area (TPSA) is 75.0 Å². The summed E-state index contributed by atoms with van der Waals surface area (Å²) in [5.41, 5.74) is 2.33. The van der Waals surface area contributed by atoms with Crippen molar-refractivity contribution in [3.05, 3.63) is 66.6 Å². The molecule has 2 aromatic heterocycles. The minimum atomic E-state index is -0.310. The van der Waals surface area contributed by atoms with E-state index in [1.807, 2.05) is 59.1 Å². The molecule has 0 unspecified atom stereocenters. The van der Waals surface area contributed by atoms with Crippen molar-refractivity contribution in [3.63, 3.8) is 0 Å². The molecule has 27 heavy (non-hydrogen) atoms. The zero-order chi connectivity index (χ0) is 18.8. The number of carbonyl (C=O) groups excluding carboxylic acids is 3. The molecule has 3 amide bonds. The van der Waals surface area contributed by atoms with E-state index in [1.54, 1.807) is 11.1 Å². The molecule has 3 aromatic rings. The summed E-state index contributed by atoms with van der Waals surface area (Å²) >= 11 is 0. The van der Waals surface area contributed by atoms with Gasteiger partial charge in [-0.1, -0.05) is 24.3 Å². The third kappa shape index (κ3) is 3.31. The fraction of sp³-hybridized carbons (Fsp3) is 0.200. The van der Waals surface area contributed by atoms with Crippen LogP contribution in [0.5, 0.6) is 0 Å². The van der Waals surface area contributed by atoms with Crippen molar-refractivity contribution in [1.29, 1.82) is 0 Å². The lowest BCUT2D eigenvalue weighted by atomic mass is 10.2. The maximum atomic E-state index is 13.0. The van der Waals surface area contributed by atoms with Gasteiger partial charge in [-0.05, 0) is 24.3 Å². The number of pyridine rings is 1. The van der Waals surface area contributed by atoms with E-state index in [9.17, 15) is 14.4 Å². The highest BCUT2D eigenvalue weighted by Crippen LogP contribution is 2.20. The van der Waals surface area contributed by atoms with Crippen molar-refractivity contribution in [3.8, 4) is 0 Å². The molecule has 1 fully saturated rings. The van der Waals surface area contributed by atoms with Gasteiger partial charge in [-0.15, -0.1) is 0 Å². The number of likely N-dealkylation sites (tertiary alicyclic amines) is 1. The Bertz CT molecular complexity index is 996. The fourth-order valence-electron chi connectivity index (χ4n) is 3.22. The number of aromatic nitrogens is 2. The van der Waals surface area contributed by atoms with Gasteiger partial charge in [-0.25, -0.2) is 4.98 Å². The van der Waals surface area contributed by atoms with Crippen LogP contribution in [0.1, 0.15) is 18.5 Å². The van der Waals surface area contributed by atoms with Crippen LogP contribution in [0.2, 0.25) is 0 Å². The van der Waals surface area contributed by atoms with E-state index >= 15 is 0 Å². The molecule has 0 atom stereocenters. The number of para-hydroxylation sites is 1. The molecule has 7 nitrogen and oxygen atoms in total. The monoisotopic (exact) mass is 362 g/mol. The molecule has 1 saturated heterocycles. The number of hydrogen-bond donors (Lipinski definition) is 0. The van der Waals surface area contributed by atoms with Crippen LogP contribution in [0.15, 0.2) is 60.9 Å². The second kappa shape index (κ2) is 7.03. The number of anilines is 1. The van der Waals surface area contributed by atoms with Crippen molar-refractivity contribution in [2.45, 2.75) is 19.4 Å². The lowest BCUT2D eigenvalue weighted by Crippen LogP contribution is -2.42. The van der Waals surface area contributed by atoms with E-state index in [4.69, 9.17) is 0 Å². The number of rotatable bonds is 5. The number of imidazole rings is 1. The molecule has 136 valence electrons. The van der Waals surface area contributed by atoms with Crippen LogP contribution in [-0.2, 0) is 20.9 Å². The Labute approximate surface area is 155 Å². The molecule has 1 aromatic carbocycles. The van der Waals surface area contributed by atoms with Gasteiger partial charge in [0.1, 0.15) is 12.2 Å². The first-order chi connectivity index (χ1) is 13.1. The van der Waals surface area contributed by atoms with Crippen LogP contribution < -0.4 is 4.90 Å². The zero-order valence-corrected chi connectivity index (χ0v) is 14.6. The van der Waals surface area contributed by atoms with Gasteiger partial charge in [0.2, 0.25) is 17.7 Å². The van der Waals surface area contributed by atoms with Gasteiger partial charge >= 0.3 is 0 Å². The number of hydrogen-bond acceptors (Lipinski definition) is 4. The molecule has 7 heteroatoms. The van der Waals surface area contributed by atoms with Crippen molar-refractivity contribution >= 4 is 29.1 Å². The highest BCUT2D eigenvalue weighted by Gasteiger charge is 2.32. The number of benzene rings is 1. The first kappa shape index (κ1) is 17.0. The first-order valence-electron chi connectivity index (χ1n) is 8.73. The molecule has 0 bridgehead atoms. The smallest absolute Gasteiger partial charge is 0.247 e. The molecule has 3 heterocycles. The summed E-state index contributed by atoms with van der Waals surface area (Å²) in [6.07, 6.45) is 3.96. The van der Waals surface area contributed by atoms with Crippen molar-refractivity contribution in [1.82, 2.24) is 14.3 Å². The summed E-state index contributed by atoms with van der Waals surface area (Å²) in [6, 6.07) is 14.9. The van der Waals surface area contributed by atoms with Gasteiger partial charge in [-0.2, -0.15) is 0 Å². The molecular weight excluding hydrogens is 344 g/mol. The molecule has 1 aliphatic heterocycles. The van der Waals surface area contributed by atoms with Gasteiger partial charge in [0.25, 0.3) is 0 Å². The minimum Gasteiger partial charge on any atom is -0.305 e. The summed E-state index contributed by atoms with van der Waals surface area (Å²) in [5.74, 6) is -0.900. The Morgan fingerprint density at radius 3 is 2.44 bits per heavy atom. The maximum absolute atomic E-state index is 13.0. The third-order valence-electron chi connectivity index (χ3n) is 4.63. The molecule has 4 rings (SSSR count). The summed E-state index contributed by atoms with van der Waals surface area (Å²) in [7, 11) is 0. The number of imide groups is 1. The Balaban J connectivity index is 1.64. The first-order valence-corrected chi connectivity index (χ1v) is 8.73. The Morgan fingerprint density at radius 1 is 1.00 bits per heavy atom.